The molecule has 0 aliphatic heterocycles. The van der Waals surface area contributed by atoms with Crippen molar-refractivity contribution in [3.63, 3.8) is 0 Å². The molecule has 0 aliphatic rings. The zero-order valence-electron chi connectivity index (χ0n) is 17.4. The Kier molecular flexibility index (Phi) is 6.36. The van der Waals surface area contributed by atoms with E-state index in [4.69, 9.17) is 9.26 Å². The van der Waals surface area contributed by atoms with Gasteiger partial charge in [-0.15, -0.1) is 0 Å². The third-order valence-electron chi connectivity index (χ3n) is 4.78. The van der Waals surface area contributed by atoms with Gasteiger partial charge in [-0.25, -0.2) is 0 Å². The molecule has 3 aromatic carbocycles. The van der Waals surface area contributed by atoms with Crippen LogP contribution in [0.3, 0.4) is 0 Å². The molecule has 160 valence electrons. The number of nitrogens with one attached hydrogen (secondary N) is 1. The summed E-state index contributed by atoms with van der Waals surface area (Å²) in [6.45, 7) is 1.58. The van der Waals surface area contributed by atoms with Gasteiger partial charge in [0.25, 0.3) is 11.8 Å². The van der Waals surface area contributed by atoms with Crippen molar-refractivity contribution in [1.82, 2.24) is 15.5 Å². The van der Waals surface area contributed by atoms with Crippen LogP contribution in [-0.4, -0.2) is 28.6 Å². The van der Waals surface area contributed by atoms with E-state index in [1.807, 2.05) is 73.7 Å². The van der Waals surface area contributed by atoms with Crippen LogP contribution in [0, 0.1) is 6.92 Å². The van der Waals surface area contributed by atoms with Crippen LogP contribution in [-0.2, 0) is 16.1 Å². The average Bonchev–Trinajstić information content (AvgIpc) is 3.31. The van der Waals surface area contributed by atoms with Crippen LogP contribution in [0.5, 0.6) is 0 Å². The predicted octanol–water partition coefficient (Wildman–Crippen LogP) is 4.19. The summed E-state index contributed by atoms with van der Waals surface area (Å²) in [5.41, 5.74) is 4.43. The van der Waals surface area contributed by atoms with Crippen molar-refractivity contribution in [3.05, 3.63) is 95.8 Å². The number of aryl methyl sites for hydroxylation is 1. The summed E-state index contributed by atoms with van der Waals surface area (Å²) in [7, 11) is 0. The van der Waals surface area contributed by atoms with Crippen molar-refractivity contribution < 1.29 is 18.8 Å². The maximum absolute atomic E-state index is 12.3. The van der Waals surface area contributed by atoms with Crippen molar-refractivity contribution in [3.8, 4) is 22.6 Å². The van der Waals surface area contributed by atoms with Crippen molar-refractivity contribution in [2.45, 2.75) is 13.5 Å². The minimum Gasteiger partial charge on any atom is -0.456 e. The number of hydrogen-bond donors (Lipinski definition) is 1. The molecule has 7 nitrogen and oxygen atoms in total. The second-order valence-corrected chi connectivity index (χ2v) is 7.17. The quantitative estimate of drug-likeness (QED) is 0.445. The number of amides is 1. The predicted molar refractivity (Wildman–Crippen MR) is 118 cm³/mol. The summed E-state index contributed by atoms with van der Waals surface area (Å²) >= 11 is 0. The van der Waals surface area contributed by atoms with Crippen molar-refractivity contribution >= 4 is 11.9 Å². The maximum atomic E-state index is 12.3. The Balaban J connectivity index is 1.25. The number of esters is 1. The molecule has 0 bridgehead atoms. The lowest BCUT2D eigenvalue weighted by atomic mass is 10.0. The van der Waals surface area contributed by atoms with Gasteiger partial charge in [-0.05, 0) is 42.3 Å². The van der Waals surface area contributed by atoms with Crippen LogP contribution >= 0.6 is 0 Å². The van der Waals surface area contributed by atoms with E-state index < -0.39 is 5.97 Å². The Hall–Kier alpha value is -4.26. The fraction of sp³-hybridized carbons (Fsp3) is 0.120. The molecule has 0 saturated carbocycles. The SMILES string of the molecule is Cc1ccc(-c2nc(COC(=O)CNC(=O)c3ccc(-c4ccccc4)cc3)no2)cc1. The number of ether oxygens (including phenoxy) is 1. The lowest BCUT2D eigenvalue weighted by molar-refractivity contribution is -0.143. The molecule has 1 amide bonds. The summed E-state index contributed by atoms with van der Waals surface area (Å²) in [5, 5.41) is 6.37. The molecule has 32 heavy (non-hydrogen) atoms. The fourth-order valence-corrected chi connectivity index (χ4v) is 3.02. The molecule has 0 saturated heterocycles. The minimum atomic E-state index is -0.596. The van der Waals surface area contributed by atoms with Crippen LogP contribution in [0.15, 0.2) is 83.4 Å². The number of aromatic nitrogens is 2. The Morgan fingerprint density at radius 2 is 1.53 bits per heavy atom. The Bertz CT molecular complexity index is 1200. The van der Waals surface area contributed by atoms with Crippen molar-refractivity contribution in [2.75, 3.05) is 6.54 Å². The van der Waals surface area contributed by atoms with Gasteiger partial charge < -0.3 is 14.6 Å². The fourth-order valence-electron chi connectivity index (χ4n) is 3.02. The van der Waals surface area contributed by atoms with Crippen LogP contribution in [0.25, 0.3) is 22.6 Å². The zero-order valence-corrected chi connectivity index (χ0v) is 17.4. The molecule has 0 spiro atoms. The van der Waals surface area contributed by atoms with Crippen molar-refractivity contribution in [1.29, 1.82) is 0 Å². The summed E-state index contributed by atoms with van der Waals surface area (Å²) in [6.07, 6.45) is 0. The molecule has 7 heteroatoms. The molecule has 4 aromatic rings. The highest BCUT2D eigenvalue weighted by molar-refractivity contribution is 5.96. The number of carbonyl (C=O) groups excluding carboxylic acids is 2. The molecular weight excluding hydrogens is 406 g/mol. The monoisotopic (exact) mass is 427 g/mol. The van der Waals surface area contributed by atoms with Crippen molar-refractivity contribution in [2.24, 2.45) is 0 Å². The Morgan fingerprint density at radius 3 is 2.25 bits per heavy atom. The molecule has 1 aromatic heterocycles. The Morgan fingerprint density at radius 1 is 0.875 bits per heavy atom. The third-order valence-corrected chi connectivity index (χ3v) is 4.78. The first-order valence-corrected chi connectivity index (χ1v) is 10.1. The third kappa shape index (κ3) is 5.26. The number of hydrogen-bond acceptors (Lipinski definition) is 6. The van der Waals surface area contributed by atoms with Crippen LogP contribution in [0.1, 0.15) is 21.7 Å². The topological polar surface area (TPSA) is 94.3 Å². The zero-order chi connectivity index (χ0) is 22.3. The summed E-state index contributed by atoms with van der Waals surface area (Å²) < 4.78 is 10.3. The summed E-state index contributed by atoms with van der Waals surface area (Å²) in [4.78, 5) is 28.5. The lowest BCUT2D eigenvalue weighted by Gasteiger charge is -2.06. The first-order chi connectivity index (χ1) is 15.6. The van der Waals surface area contributed by atoms with E-state index in [1.54, 1.807) is 12.1 Å². The van der Waals surface area contributed by atoms with Gasteiger partial charge >= 0.3 is 5.97 Å². The van der Waals surface area contributed by atoms with E-state index in [2.05, 4.69) is 15.5 Å². The number of carbonyl (C=O) groups is 2. The van der Waals surface area contributed by atoms with E-state index in [1.165, 1.54) is 0 Å². The molecule has 1 heterocycles. The number of nitrogens with zero attached hydrogens (tertiary/aromatic N) is 2. The molecule has 0 aliphatic carbocycles. The lowest BCUT2D eigenvalue weighted by Crippen LogP contribution is -2.30. The molecule has 0 radical (unpaired) electrons. The van der Waals surface area contributed by atoms with Gasteiger partial charge in [0.05, 0.1) is 0 Å². The van der Waals surface area contributed by atoms with Crippen LogP contribution in [0.2, 0.25) is 0 Å². The largest absolute Gasteiger partial charge is 0.456 e. The molecule has 0 fully saturated rings. The van der Waals surface area contributed by atoms with E-state index in [-0.39, 0.29) is 24.9 Å². The molecule has 1 N–H and O–H groups in total. The van der Waals surface area contributed by atoms with Gasteiger partial charge in [0.2, 0.25) is 5.82 Å². The maximum Gasteiger partial charge on any atom is 0.325 e. The van der Waals surface area contributed by atoms with Gasteiger partial charge in [0.1, 0.15) is 6.54 Å². The normalized spacial score (nSPS) is 10.5. The molecule has 4 rings (SSSR count). The first-order valence-electron chi connectivity index (χ1n) is 10.1. The second-order valence-electron chi connectivity index (χ2n) is 7.17. The van der Waals surface area contributed by atoms with E-state index >= 15 is 0 Å². The molecular formula is C25H21N3O4. The first kappa shape index (κ1) is 21.0. The number of rotatable bonds is 7. The second kappa shape index (κ2) is 9.70. The van der Waals surface area contributed by atoms with Gasteiger partial charge in [-0.2, -0.15) is 4.98 Å². The highest BCUT2D eigenvalue weighted by Gasteiger charge is 2.13. The van der Waals surface area contributed by atoms with Crippen LogP contribution in [0.4, 0.5) is 0 Å². The minimum absolute atomic E-state index is 0.143. The smallest absolute Gasteiger partial charge is 0.325 e. The molecule has 0 atom stereocenters. The van der Waals surface area contributed by atoms with E-state index in [9.17, 15) is 9.59 Å². The summed E-state index contributed by atoms with van der Waals surface area (Å²) in [6, 6.07) is 24.7. The van der Waals surface area contributed by atoms with Gasteiger partial charge in [-0.3, -0.25) is 9.59 Å². The highest BCUT2D eigenvalue weighted by atomic mass is 16.5. The van der Waals surface area contributed by atoms with Gasteiger partial charge in [0.15, 0.2) is 6.61 Å². The van der Waals surface area contributed by atoms with E-state index in [0.717, 1.165) is 22.3 Å². The Labute approximate surface area is 185 Å². The standard InChI is InChI=1S/C25H21N3O4/c1-17-7-9-21(10-8-17)25-27-22(28-32-25)16-31-23(29)15-26-24(30)20-13-11-19(12-14-20)18-5-3-2-4-6-18/h2-14H,15-16H2,1H3,(H,26,30). The highest BCUT2D eigenvalue weighted by Crippen LogP contribution is 2.19. The van der Waals surface area contributed by atoms with E-state index in [0.29, 0.717) is 11.5 Å². The number of benzene rings is 3. The molecule has 0 unspecified atom stereocenters. The average molecular weight is 427 g/mol. The van der Waals surface area contributed by atoms with Gasteiger partial charge in [-0.1, -0.05) is 65.3 Å². The van der Waals surface area contributed by atoms with Crippen LogP contribution < -0.4 is 5.32 Å². The summed E-state index contributed by atoms with van der Waals surface area (Å²) in [5.74, 6) is -0.358. The van der Waals surface area contributed by atoms with Gasteiger partial charge in [0, 0.05) is 11.1 Å².